The maximum absolute atomic E-state index is 14.0. The molecule has 0 saturated heterocycles. The van der Waals surface area contributed by atoms with E-state index in [4.69, 9.17) is 19.9 Å². The first kappa shape index (κ1) is 18.3. The van der Waals surface area contributed by atoms with Gasteiger partial charge in [0.15, 0.2) is 0 Å². The number of nitrogens with zero attached hydrogens (tertiary/aromatic N) is 1. The van der Waals surface area contributed by atoms with Crippen molar-refractivity contribution in [1.29, 1.82) is 5.26 Å². The van der Waals surface area contributed by atoms with Crippen LogP contribution in [0.1, 0.15) is 32.3 Å². The number of nitriles is 1. The van der Waals surface area contributed by atoms with E-state index in [9.17, 15) is 14.4 Å². The third-order valence-electron chi connectivity index (χ3n) is 3.64. The number of ether oxygens (including phenoxy) is 3. The smallest absolute Gasteiger partial charge is 0.338 e. The quantitative estimate of drug-likeness (QED) is 0.824. The summed E-state index contributed by atoms with van der Waals surface area (Å²) in [5.41, 5.74) is 6.28. The van der Waals surface area contributed by atoms with Crippen LogP contribution in [0, 0.1) is 17.1 Å². The molecule has 1 aromatic carbocycles. The van der Waals surface area contributed by atoms with Crippen molar-refractivity contribution in [2.75, 3.05) is 13.2 Å². The van der Waals surface area contributed by atoms with Crippen molar-refractivity contribution in [3.63, 3.8) is 0 Å². The number of rotatable bonds is 5. The highest BCUT2D eigenvalue weighted by atomic mass is 19.1. The lowest BCUT2D eigenvalue weighted by molar-refractivity contribution is -0.139. The fraction of sp³-hybridized carbons (Fsp3) is 0.333. The fourth-order valence-corrected chi connectivity index (χ4v) is 2.69. The first-order valence-corrected chi connectivity index (χ1v) is 7.81. The number of esters is 1. The van der Waals surface area contributed by atoms with Crippen LogP contribution in [0.25, 0.3) is 0 Å². The highest BCUT2D eigenvalue weighted by Gasteiger charge is 2.36. The first-order chi connectivity index (χ1) is 11.9. The van der Waals surface area contributed by atoms with Crippen LogP contribution in [-0.2, 0) is 14.3 Å². The molecule has 1 heterocycles. The van der Waals surface area contributed by atoms with Crippen LogP contribution in [0.2, 0.25) is 0 Å². The molecule has 1 aliphatic rings. The molecule has 132 valence electrons. The minimum Gasteiger partial charge on any atom is -0.494 e. The number of hydrogen-bond acceptors (Lipinski definition) is 6. The van der Waals surface area contributed by atoms with Crippen LogP contribution in [0.5, 0.6) is 5.75 Å². The third kappa shape index (κ3) is 3.74. The van der Waals surface area contributed by atoms with Gasteiger partial charge in [-0.15, -0.1) is 0 Å². The van der Waals surface area contributed by atoms with Gasteiger partial charge in [0.05, 0.1) is 24.7 Å². The molecular weight excluding hydrogens is 327 g/mol. The van der Waals surface area contributed by atoms with Gasteiger partial charge in [-0.2, -0.15) is 5.26 Å². The van der Waals surface area contributed by atoms with E-state index in [2.05, 4.69) is 0 Å². The molecule has 0 aliphatic carbocycles. The van der Waals surface area contributed by atoms with E-state index in [0.717, 1.165) is 0 Å². The molecular formula is C18H19FN2O4. The standard InChI is InChI=1S/C18H19FN2O4/c1-4-23-13-7-11(6-12(19)8-13)16-14(9-20)17(21)25-10(3)15(16)18(22)24-5-2/h6-8,16H,4-5,21H2,1-3H3. The predicted octanol–water partition coefficient (Wildman–Crippen LogP) is 2.87. The summed E-state index contributed by atoms with van der Waals surface area (Å²) in [7, 11) is 0. The van der Waals surface area contributed by atoms with Gasteiger partial charge in [0.25, 0.3) is 0 Å². The highest BCUT2D eigenvalue weighted by Crippen LogP contribution is 2.40. The van der Waals surface area contributed by atoms with Crippen molar-refractivity contribution in [2.24, 2.45) is 5.73 Å². The Kier molecular flexibility index (Phi) is 5.65. The lowest BCUT2D eigenvalue weighted by Gasteiger charge is -2.27. The largest absolute Gasteiger partial charge is 0.494 e. The summed E-state index contributed by atoms with van der Waals surface area (Å²) in [6.07, 6.45) is 0. The Hall–Kier alpha value is -3.01. The van der Waals surface area contributed by atoms with Gasteiger partial charge >= 0.3 is 5.97 Å². The normalized spacial score (nSPS) is 17.0. The zero-order valence-corrected chi connectivity index (χ0v) is 14.3. The lowest BCUT2D eigenvalue weighted by atomic mass is 9.83. The van der Waals surface area contributed by atoms with Crippen LogP contribution >= 0.6 is 0 Å². The summed E-state index contributed by atoms with van der Waals surface area (Å²) >= 11 is 0. The molecule has 0 saturated carbocycles. The van der Waals surface area contributed by atoms with Crippen molar-refractivity contribution in [3.05, 3.63) is 52.4 Å². The molecule has 0 amide bonds. The molecule has 1 aromatic rings. The topological polar surface area (TPSA) is 94.6 Å². The molecule has 0 spiro atoms. The molecule has 0 radical (unpaired) electrons. The van der Waals surface area contributed by atoms with E-state index in [1.54, 1.807) is 26.8 Å². The summed E-state index contributed by atoms with van der Waals surface area (Å²) in [5, 5.41) is 9.48. The molecule has 2 N–H and O–H groups in total. The van der Waals surface area contributed by atoms with Crippen molar-refractivity contribution < 1.29 is 23.4 Å². The summed E-state index contributed by atoms with van der Waals surface area (Å²) < 4.78 is 29.8. The molecule has 2 rings (SSSR count). The molecule has 0 fully saturated rings. The average Bonchev–Trinajstić information content (AvgIpc) is 2.54. The molecule has 0 aromatic heterocycles. The van der Waals surface area contributed by atoms with E-state index in [0.29, 0.717) is 17.9 Å². The molecule has 6 nitrogen and oxygen atoms in total. The van der Waals surface area contributed by atoms with E-state index in [1.165, 1.54) is 12.1 Å². The van der Waals surface area contributed by atoms with E-state index in [-0.39, 0.29) is 29.4 Å². The van der Waals surface area contributed by atoms with Crippen molar-refractivity contribution >= 4 is 5.97 Å². The minimum atomic E-state index is -0.896. The maximum Gasteiger partial charge on any atom is 0.338 e. The van der Waals surface area contributed by atoms with Gasteiger partial charge in [0, 0.05) is 6.07 Å². The summed E-state index contributed by atoms with van der Waals surface area (Å²) in [5.74, 6) is -1.72. The number of halogens is 1. The lowest BCUT2D eigenvalue weighted by Crippen LogP contribution is -2.25. The van der Waals surface area contributed by atoms with Gasteiger partial charge in [-0.3, -0.25) is 0 Å². The molecule has 0 bridgehead atoms. The van der Waals surface area contributed by atoms with Crippen LogP contribution in [0.15, 0.2) is 41.0 Å². The monoisotopic (exact) mass is 346 g/mol. The Bertz CT molecular complexity index is 793. The Morgan fingerprint density at radius 1 is 1.36 bits per heavy atom. The third-order valence-corrected chi connectivity index (χ3v) is 3.64. The minimum absolute atomic E-state index is 0.0155. The highest BCUT2D eigenvalue weighted by molar-refractivity contribution is 5.92. The number of carbonyl (C=O) groups is 1. The van der Waals surface area contributed by atoms with Gasteiger partial charge in [-0.1, -0.05) is 0 Å². The number of hydrogen-bond donors (Lipinski definition) is 1. The summed E-state index contributed by atoms with van der Waals surface area (Å²) in [4.78, 5) is 12.4. The second-order valence-electron chi connectivity index (χ2n) is 5.27. The van der Waals surface area contributed by atoms with Crippen molar-refractivity contribution in [3.8, 4) is 11.8 Å². The predicted molar refractivity (Wildman–Crippen MR) is 87.6 cm³/mol. The number of benzene rings is 1. The van der Waals surface area contributed by atoms with E-state index < -0.39 is 17.7 Å². The second-order valence-corrected chi connectivity index (χ2v) is 5.27. The molecule has 1 atom stereocenters. The average molecular weight is 346 g/mol. The Labute approximate surface area is 145 Å². The van der Waals surface area contributed by atoms with Gasteiger partial charge in [0.2, 0.25) is 5.88 Å². The van der Waals surface area contributed by atoms with Gasteiger partial charge < -0.3 is 19.9 Å². The molecule has 1 unspecified atom stereocenters. The number of allylic oxidation sites excluding steroid dienone is 2. The SMILES string of the molecule is CCOC(=O)C1=C(C)OC(N)=C(C#N)C1c1cc(F)cc(OCC)c1. The Balaban J connectivity index is 2.64. The summed E-state index contributed by atoms with van der Waals surface area (Å²) in [6.45, 7) is 5.47. The first-order valence-electron chi connectivity index (χ1n) is 7.81. The fourth-order valence-electron chi connectivity index (χ4n) is 2.69. The second kappa shape index (κ2) is 7.71. The molecule has 25 heavy (non-hydrogen) atoms. The Morgan fingerprint density at radius 3 is 2.68 bits per heavy atom. The van der Waals surface area contributed by atoms with Crippen molar-refractivity contribution in [2.45, 2.75) is 26.7 Å². The maximum atomic E-state index is 14.0. The molecule has 7 heteroatoms. The Morgan fingerprint density at radius 2 is 2.08 bits per heavy atom. The van der Waals surface area contributed by atoms with Crippen LogP contribution in [0.3, 0.4) is 0 Å². The van der Waals surface area contributed by atoms with Crippen LogP contribution in [0.4, 0.5) is 4.39 Å². The van der Waals surface area contributed by atoms with Gasteiger partial charge in [-0.25, -0.2) is 9.18 Å². The molecule has 1 aliphatic heterocycles. The number of nitrogens with two attached hydrogens (primary N) is 1. The van der Waals surface area contributed by atoms with Gasteiger partial charge in [-0.05, 0) is 38.5 Å². The van der Waals surface area contributed by atoms with E-state index in [1.807, 2.05) is 6.07 Å². The van der Waals surface area contributed by atoms with Crippen molar-refractivity contribution in [1.82, 2.24) is 0 Å². The van der Waals surface area contributed by atoms with Gasteiger partial charge in [0.1, 0.15) is 29.0 Å². The van der Waals surface area contributed by atoms with Crippen LogP contribution < -0.4 is 10.5 Å². The van der Waals surface area contributed by atoms with Crippen LogP contribution in [-0.4, -0.2) is 19.2 Å². The summed E-state index contributed by atoms with van der Waals surface area (Å²) in [6, 6.07) is 5.97. The zero-order chi connectivity index (χ0) is 18.6. The number of carbonyl (C=O) groups excluding carboxylic acids is 1. The van der Waals surface area contributed by atoms with E-state index >= 15 is 0 Å². The zero-order valence-electron chi connectivity index (χ0n) is 14.3.